The van der Waals surface area contributed by atoms with Crippen LogP contribution in [0.2, 0.25) is 0 Å². The molecule has 3 N–H and O–H groups in total. The van der Waals surface area contributed by atoms with Crippen molar-refractivity contribution in [3.8, 4) is 11.8 Å². The number of thiophene rings is 1. The van der Waals surface area contributed by atoms with Crippen LogP contribution < -0.4 is 15.4 Å². The molecule has 4 aliphatic heterocycles. The fourth-order valence-electron chi connectivity index (χ4n) is 5.24. The van der Waals surface area contributed by atoms with Gasteiger partial charge in [-0.25, -0.2) is 4.98 Å². The summed E-state index contributed by atoms with van der Waals surface area (Å²) in [7, 11) is 0. The second-order valence-corrected chi connectivity index (χ2v) is 8.65. The van der Waals surface area contributed by atoms with E-state index < -0.39 is 0 Å². The number of quaternary nitrogens is 1. The molecule has 0 saturated carbocycles. The Hall–Kier alpha value is -2.10. The van der Waals surface area contributed by atoms with Gasteiger partial charge in [0.1, 0.15) is 21.9 Å². The SMILES string of the molecule is Cc1cc(C)c2c3c(sc2n1)[C@@]1(C[NH+]2CCC1CC2)C(C#N)=C(N)O3. The van der Waals surface area contributed by atoms with Crippen molar-refractivity contribution in [2.75, 3.05) is 19.6 Å². The van der Waals surface area contributed by atoms with Crippen molar-refractivity contribution in [1.82, 2.24) is 4.98 Å². The third kappa shape index (κ3) is 1.83. The maximum atomic E-state index is 9.92. The third-order valence-corrected chi connectivity index (χ3v) is 7.53. The molecule has 2 aromatic heterocycles. The number of fused-ring (bicyclic) bond motifs is 5. The van der Waals surface area contributed by atoms with Gasteiger partial charge in [-0.3, -0.25) is 0 Å². The van der Waals surface area contributed by atoms with Crippen molar-refractivity contribution >= 4 is 21.6 Å². The highest BCUT2D eigenvalue weighted by atomic mass is 32.1. The number of rotatable bonds is 0. The molecule has 2 aromatic rings. The summed E-state index contributed by atoms with van der Waals surface area (Å²) in [6, 6.07) is 4.50. The number of nitrogens with two attached hydrogens (primary N) is 1. The highest BCUT2D eigenvalue weighted by molar-refractivity contribution is 7.19. The molecule has 0 amide bonds. The molecular formula is C19H21N4OS+. The molecule has 4 aliphatic rings. The lowest BCUT2D eigenvalue weighted by molar-refractivity contribution is -0.921. The van der Waals surface area contributed by atoms with Crippen molar-refractivity contribution in [3.63, 3.8) is 0 Å². The van der Waals surface area contributed by atoms with Gasteiger partial charge in [-0.15, -0.1) is 11.3 Å². The molecule has 0 unspecified atom stereocenters. The largest absolute Gasteiger partial charge is 0.439 e. The maximum absolute atomic E-state index is 9.92. The van der Waals surface area contributed by atoms with E-state index in [4.69, 9.17) is 15.5 Å². The summed E-state index contributed by atoms with van der Waals surface area (Å²) < 4.78 is 6.04. The number of nitrogens with one attached hydrogen (secondary N) is 1. The Morgan fingerprint density at radius 3 is 2.80 bits per heavy atom. The number of nitrogens with zero attached hydrogens (tertiary/aromatic N) is 2. The second-order valence-electron chi connectivity index (χ2n) is 7.65. The minimum Gasteiger partial charge on any atom is -0.439 e. The molecule has 2 bridgehead atoms. The average molecular weight is 353 g/mol. The molecule has 0 radical (unpaired) electrons. The van der Waals surface area contributed by atoms with Crippen LogP contribution in [-0.4, -0.2) is 24.6 Å². The van der Waals surface area contributed by atoms with Gasteiger partial charge in [-0.1, -0.05) is 0 Å². The number of nitriles is 1. The lowest BCUT2D eigenvalue weighted by Gasteiger charge is -2.51. The van der Waals surface area contributed by atoms with Crippen LogP contribution in [-0.2, 0) is 5.41 Å². The number of pyridine rings is 1. The second kappa shape index (κ2) is 4.96. The monoisotopic (exact) mass is 353 g/mol. The molecule has 128 valence electrons. The molecule has 0 aliphatic carbocycles. The zero-order valence-electron chi connectivity index (χ0n) is 14.5. The van der Waals surface area contributed by atoms with Crippen LogP contribution in [0.5, 0.6) is 5.75 Å². The first kappa shape index (κ1) is 15.2. The van der Waals surface area contributed by atoms with Gasteiger partial charge < -0.3 is 15.4 Å². The zero-order valence-corrected chi connectivity index (χ0v) is 15.3. The van der Waals surface area contributed by atoms with Gasteiger partial charge >= 0.3 is 0 Å². The number of ether oxygens (including phenoxy) is 1. The van der Waals surface area contributed by atoms with E-state index in [0.717, 1.165) is 46.6 Å². The Kier molecular flexibility index (Phi) is 3.01. The molecule has 1 spiro atoms. The van der Waals surface area contributed by atoms with Crippen LogP contribution in [0.15, 0.2) is 17.5 Å². The molecule has 1 atom stereocenters. The lowest BCUT2D eigenvalue weighted by atomic mass is 9.61. The Balaban J connectivity index is 1.85. The van der Waals surface area contributed by atoms with E-state index in [1.54, 1.807) is 16.2 Å². The maximum Gasteiger partial charge on any atom is 0.205 e. The molecule has 3 saturated heterocycles. The molecule has 3 fully saturated rings. The summed E-state index contributed by atoms with van der Waals surface area (Å²) in [5.74, 6) is 1.62. The predicted octanol–water partition coefficient (Wildman–Crippen LogP) is 1.55. The van der Waals surface area contributed by atoms with Crippen molar-refractivity contribution < 1.29 is 9.64 Å². The standard InChI is InChI=1S/C19H20N4OS/c1-10-7-11(2)22-18-14(10)15-16(25-18)19(13(8-20)17(21)24-15)9-23-5-3-12(19)4-6-23/h7,12H,3-6,9,21H2,1-2H3/p+1/t19-/m1/s1. The van der Waals surface area contributed by atoms with Crippen molar-refractivity contribution in [2.45, 2.75) is 32.1 Å². The third-order valence-electron chi connectivity index (χ3n) is 6.28. The fraction of sp³-hybridized carbons (Fsp3) is 0.474. The number of hydrogen-bond acceptors (Lipinski definition) is 5. The van der Waals surface area contributed by atoms with Crippen LogP contribution in [0.25, 0.3) is 10.2 Å². The first-order valence-electron chi connectivity index (χ1n) is 8.87. The Bertz CT molecular complexity index is 977. The molecule has 5 nitrogen and oxygen atoms in total. The average Bonchev–Trinajstić information content (AvgIpc) is 2.95. The molecule has 25 heavy (non-hydrogen) atoms. The van der Waals surface area contributed by atoms with E-state index >= 15 is 0 Å². The molecular weight excluding hydrogens is 332 g/mol. The van der Waals surface area contributed by atoms with Gasteiger partial charge in [0.2, 0.25) is 5.88 Å². The van der Waals surface area contributed by atoms with Gasteiger partial charge in [0.25, 0.3) is 0 Å². The fourth-order valence-corrected chi connectivity index (χ4v) is 6.74. The Morgan fingerprint density at radius 2 is 2.16 bits per heavy atom. The van der Waals surface area contributed by atoms with Crippen LogP contribution in [0, 0.1) is 31.1 Å². The van der Waals surface area contributed by atoms with Crippen LogP contribution in [0.3, 0.4) is 0 Å². The van der Waals surface area contributed by atoms with E-state index in [0.29, 0.717) is 17.4 Å². The van der Waals surface area contributed by atoms with Crippen molar-refractivity contribution in [2.24, 2.45) is 11.7 Å². The van der Waals surface area contributed by atoms with Gasteiger partial charge in [0, 0.05) is 18.5 Å². The van der Waals surface area contributed by atoms with Crippen molar-refractivity contribution in [1.29, 1.82) is 5.26 Å². The van der Waals surface area contributed by atoms with E-state index in [2.05, 4.69) is 19.1 Å². The van der Waals surface area contributed by atoms with E-state index in [1.165, 1.54) is 18.0 Å². The summed E-state index contributed by atoms with van der Waals surface area (Å²) in [5, 5.41) is 11.0. The van der Waals surface area contributed by atoms with Crippen molar-refractivity contribution in [3.05, 3.63) is 33.7 Å². The topological polar surface area (TPSA) is 76.4 Å². The first-order valence-corrected chi connectivity index (χ1v) is 9.69. The Morgan fingerprint density at radius 1 is 1.40 bits per heavy atom. The summed E-state index contributed by atoms with van der Waals surface area (Å²) in [6.07, 6.45) is 2.29. The lowest BCUT2D eigenvalue weighted by Crippen LogP contribution is -3.17. The highest BCUT2D eigenvalue weighted by Crippen LogP contribution is 2.56. The summed E-state index contributed by atoms with van der Waals surface area (Å²) in [4.78, 5) is 8.50. The van der Waals surface area contributed by atoms with Crippen LogP contribution in [0.4, 0.5) is 0 Å². The van der Waals surface area contributed by atoms with Crippen LogP contribution in [0.1, 0.15) is 29.0 Å². The predicted molar refractivity (Wildman–Crippen MR) is 96.5 cm³/mol. The number of piperidine rings is 3. The van der Waals surface area contributed by atoms with E-state index in [-0.39, 0.29) is 5.41 Å². The number of aryl methyl sites for hydroxylation is 2. The molecule has 0 aromatic carbocycles. The van der Waals surface area contributed by atoms with E-state index in [1.807, 2.05) is 6.92 Å². The Labute approximate surface area is 150 Å². The van der Waals surface area contributed by atoms with Gasteiger partial charge in [-0.05, 0) is 31.4 Å². The highest BCUT2D eigenvalue weighted by Gasteiger charge is 2.58. The van der Waals surface area contributed by atoms with Gasteiger partial charge in [-0.2, -0.15) is 5.26 Å². The summed E-state index contributed by atoms with van der Waals surface area (Å²) in [6.45, 7) is 7.46. The van der Waals surface area contributed by atoms with Gasteiger partial charge in [0.05, 0.1) is 29.9 Å². The normalized spacial score (nSPS) is 30.4. The van der Waals surface area contributed by atoms with Gasteiger partial charge in [0.15, 0.2) is 5.75 Å². The quantitative estimate of drug-likeness (QED) is 0.753. The summed E-state index contributed by atoms with van der Waals surface area (Å²) in [5.41, 5.74) is 8.81. The first-order chi connectivity index (χ1) is 12.0. The molecule has 6 heteroatoms. The minimum atomic E-state index is -0.288. The van der Waals surface area contributed by atoms with E-state index in [9.17, 15) is 5.26 Å². The number of aromatic nitrogens is 1. The zero-order chi connectivity index (χ0) is 17.3. The molecule has 6 heterocycles. The van der Waals surface area contributed by atoms with Crippen LogP contribution >= 0.6 is 11.3 Å². The minimum absolute atomic E-state index is 0.288. The molecule has 6 rings (SSSR count). The summed E-state index contributed by atoms with van der Waals surface area (Å²) >= 11 is 1.70. The number of hydrogen-bond donors (Lipinski definition) is 2. The smallest absolute Gasteiger partial charge is 0.205 e.